The van der Waals surface area contributed by atoms with Crippen molar-refractivity contribution in [3.63, 3.8) is 0 Å². The van der Waals surface area contributed by atoms with Crippen LogP contribution in [0.5, 0.6) is 0 Å². The molecule has 1 heterocycles. The summed E-state index contributed by atoms with van der Waals surface area (Å²) in [6, 6.07) is 6.17. The van der Waals surface area contributed by atoms with Gasteiger partial charge in [-0.25, -0.2) is 4.39 Å². The van der Waals surface area contributed by atoms with E-state index in [4.69, 9.17) is 17.4 Å². The minimum atomic E-state index is -0.335. The standard InChI is InChI=1S/C12H14ClFN4/c1-18-6-5-11(17-18)12(16-15)7-8-9(13)3-2-4-10(8)14/h2-6,12,16H,7,15H2,1H3. The van der Waals surface area contributed by atoms with Crippen molar-refractivity contribution in [3.8, 4) is 0 Å². The Kier molecular flexibility index (Phi) is 3.96. The van der Waals surface area contributed by atoms with E-state index < -0.39 is 0 Å². The lowest BCUT2D eigenvalue weighted by Crippen LogP contribution is -2.30. The number of rotatable bonds is 4. The molecule has 1 atom stereocenters. The van der Waals surface area contributed by atoms with Gasteiger partial charge in [0, 0.05) is 23.8 Å². The molecule has 0 saturated carbocycles. The number of nitrogens with zero attached hydrogens (tertiary/aromatic N) is 2. The largest absolute Gasteiger partial charge is 0.275 e. The Balaban J connectivity index is 2.26. The molecule has 1 aromatic carbocycles. The van der Waals surface area contributed by atoms with Crippen LogP contribution in [0, 0.1) is 5.82 Å². The summed E-state index contributed by atoms with van der Waals surface area (Å²) in [5.74, 6) is 5.16. The molecule has 2 aromatic rings. The summed E-state index contributed by atoms with van der Waals surface area (Å²) in [4.78, 5) is 0. The van der Waals surface area contributed by atoms with E-state index in [1.165, 1.54) is 6.07 Å². The number of aryl methyl sites for hydroxylation is 1. The SMILES string of the molecule is Cn1ccc(C(Cc2c(F)cccc2Cl)NN)n1. The van der Waals surface area contributed by atoms with Crippen LogP contribution in [0.15, 0.2) is 30.5 Å². The van der Waals surface area contributed by atoms with Gasteiger partial charge in [-0.15, -0.1) is 0 Å². The summed E-state index contributed by atoms with van der Waals surface area (Å²) < 4.78 is 15.4. The Bertz CT molecular complexity index is 520. The Hall–Kier alpha value is -1.43. The summed E-state index contributed by atoms with van der Waals surface area (Å²) in [6.45, 7) is 0. The molecule has 0 fully saturated rings. The quantitative estimate of drug-likeness (QED) is 0.658. The summed E-state index contributed by atoms with van der Waals surface area (Å²) in [5, 5.41) is 4.64. The van der Waals surface area contributed by atoms with Gasteiger partial charge in [0.25, 0.3) is 0 Å². The highest BCUT2D eigenvalue weighted by Crippen LogP contribution is 2.24. The van der Waals surface area contributed by atoms with Crippen molar-refractivity contribution in [2.24, 2.45) is 12.9 Å². The molecule has 4 nitrogen and oxygen atoms in total. The second-order valence-electron chi connectivity index (χ2n) is 4.04. The van der Waals surface area contributed by atoms with E-state index in [1.807, 2.05) is 19.3 Å². The molecule has 1 aromatic heterocycles. The van der Waals surface area contributed by atoms with E-state index in [-0.39, 0.29) is 11.9 Å². The zero-order valence-corrected chi connectivity index (χ0v) is 10.7. The molecule has 1 unspecified atom stereocenters. The average Bonchev–Trinajstić information content (AvgIpc) is 2.76. The van der Waals surface area contributed by atoms with Gasteiger partial charge in [-0.1, -0.05) is 17.7 Å². The lowest BCUT2D eigenvalue weighted by atomic mass is 10.0. The Morgan fingerprint density at radius 2 is 2.28 bits per heavy atom. The second-order valence-corrected chi connectivity index (χ2v) is 4.45. The van der Waals surface area contributed by atoms with Crippen LogP contribution >= 0.6 is 11.6 Å². The lowest BCUT2D eigenvalue weighted by Gasteiger charge is -2.15. The van der Waals surface area contributed by atoms with Crippen LogP contribution in [0.2, 0.25) is 5.02 Å². The van der Waals surface area contributed by atoms with Gasteiger partial charge < -0.3 is 0 Å². The lowest BCUT2D eigenvalue weighted by molar-refractivity contribution is 0.512. The Labute approximate surface area is 110 Å². The van der Waals surface area contributed by atoms with Crippen LogP contribution in [0.1, 0.15) is 17.3 Å². The zero-order valence-electron chi connectivity index (χ0n) is 9.90. The predicted octanol–water partition coefficient (Wildman–Crippen LogP) is 1.96. The first-order valence-electron chi connectivity index (χ1n) is 5.50. The van der Waals surface area contributed by atoms with Crippen LogP contribution in [-0.4, -0.2) is 9.78 Å². The van der Waals surface area contributed by atoms with Crippen LogP contribution < -0.4 is 11.3 Å². The first kappa shape index (κ1) is 13.0. The van der Waals surface area contributed by atoms with E-state index in [0.29, 0.717) is 17.0 Å². The smallest absolute Gasteiger partial charge is 0.127 e. The van der Waals surface area contributed by atoms with Gasteiger partial charge in [-0.3, -0.25) is 16.0 Å². The minimum Gasteiger partial charge on any atom is -0.275 e. The van der Waals surface area contributed by atoms with Crippen LogP contribution in [0.3, 0.4) is 0 Å². The highest BCUT2D eigenvalue weighted by atomic mass is 35.5. The first-order valence-corrected chi connectivity index (χ1v) is 5.88. The molecule has 0 bridgehead atoms. The van der Waals surface area contributed by atoms with Crippen molar-refractivity contribution in [3.05, 3.63) is 52.6 Å². The summed E-state index contributed by atoms with van der Waals surface area (Å²) in [6.07, 6.45) is 2.15. The number of nitrogens with two attached hydrogens (primary N) is 1. The monoisotopic (exact) mass is 268 g/mol. The summed E-state index contributed by atoms with van der Waals surface area (Å²) >= 11 is 5.99. The van der Waals surface area contributed by atoms with Gasteiger partial charge in [0.15, 0.2) is 0 Å². The van der Waals surface area contributed by atoms with Gasteiger partial charge in [-0.2, -0.15) is 5.10 Å². The van der Waals surface area contributed by atoms with Gasteiger partial charge in [0.05, 0.1) is 11.7 Å². The molecule has 6 heteroatoms. The first-order chi connectivity index (χ1) is 8.61. The number of benzene rings is 1. The molecule has 0 spiro atoms. The zero-order chi connectivity index (χ0) is 13.1. The number of aromatic nitrogens is 2. The van der Waals surface area contributed by atoms with Crippen LogP contribution in [0.4, 0.5) is 4.39 Å². The van der Waals surface area contributed by atoms with Gasteiger partial charge in [0.2, 0.25) is 0 Å². The molecule has 0 aliphatic heterocycles. The van der Waals surface area contributed by atoms with Crippen molar-refractivity contribution in [1.29, 1.82) is 0 Å². The molecule has 18 heavy (non-hydrogen) atoms. The third-order valence-electron chi connectivity index (χ3n) is 2.76. The second kappa shape index (κ2) is 5.48. The third kappa shape index (κ3) is 2.69. The number of hydrazine groups is 1. The molecule has 0 saturated heterocycles. The fourth-order valence-corrected chi connectivity index (χ4v) is 2.04. The van der Waals surface area contributed by atoms with Crippen LogP contribution in [-0.2, 0) is 13.5 Å². The van der Waals surface area contributed by atoms with Crippen molar-refractivity contribution < 1.29 is 4.39 Å². The van der Waals surface area contributed by atoms with E-state index in [9.17, 15) is 4.39 Å². The van der Waals surface area contributed by atoms with Crippen molar-refractivity contribution in [2.45, 2.75) is 12.5 Å². The number of halogens is 2. The average molecular weight is 269 g/mol. The maximum atomic E-state index is 13.7. The molecule has 3 N–H and O–H groups in total. The maximum absolute atomic E-state index is 13.7. The van der Waals surface area contributed by atoms with Gasteiger partial charge >= 0.3 is 0 Å². The highest BCUT2D eigenvalue weighted by molar-refractivity contribution is 6.31. The van der Waals surface area contributed by atoms with Gasteiger partial charge in [0.1, 0.15) is 5.82 Å². The van der Waals surface area contributed by atoms with Crippen molar-refractivity contribution >= 4 is 11.6 Å². The molecular formula is C12H14ClFN4. The van der Waals surface area contributed by atoms with Crippen LogP contribution in [0.25, 0.3) is 0 Å². The van der Waals surface area contributed by atoms with Crippen molar-refractivity contribution in [2.75, 3.05) is 0 Å². The normalized spacial score (nSPS) is 12.7. The fourth-order valence-electron chi connectivity index (χ4n) is 1.80. The number of hydrogen-bond acceptors (Lipinski definition) is 3. The molecule has 0 radical (unpaired) electrons. The van der Waals surface area contributed by atoms with E-state index in [0.717, 1.165) is 5.69 Å². The predicted molar refractivity (Wildman–Crippen MR) is 68.4 cm³/mol. The molecular weight excluding hydrogens is 255 g/mol. The maximum Gasteiger partial charge on any atom is 0.127 e. The molecule has 0 aliphatic rings. The number of hydrogen-bond donors (Lipinski definition) is 2. The minimum absolute atomic E-state index is 0.277. The number of nitrogens with one attached hydrogen (secondary N) is 1. The van der Waals surface area contributed by atoms with Crippen molar-refractivity contribution in [1.82, 2.24) is 15.2 Å². The fraction of sp³-hybridized carbons (Fsp3) is 0.250. The summed E-state index contributed by atoms with van der Waals surface area (Å²) in [5.41, 5.74) is 3.82. The molecule has 96 valence electrons. The topological polar surface area (TPSA) is 55.9 Å². The van der Waals surface area contributed by atoms with Gasteiger partial charge in [-0.05, 0) is 24.6 Å². The van der Waals surface area contributed by atoms with E-state index in [1.54, 1.807) is 16.8 Å². The molecule has 0 amide bonds. The van der Waals surface area contributed by atoms with E-state index >= 15 is 0 Å². The summed E-state index contributed by atoms with van der Waals surface area (Å²) in [7, 11) is 1.81. The highest BCUT2D eigenvalue weighted by Gasteiger charge is 2.17. The molecule has 2 rings (SSSR count). The molecule has 0 aliphatic carbocycles. The third-order valence-corrected chi connectivity index (χ3v) is 3.12. The van der Waals surface area contributed by atoms with E-state index in [2.05, 4.69) is 10.5 Å². The Morgan fingerprint density at radius 3 is 2.83 bits per heavy atom. The Morgan fingerprint density at radius 1 is 1.50 bits per heavy atom.